The van der Waals surface area contributed by atoms with Gasteiger partial charge in [-0.05, 0) is 13.8 Å². The molecular formula is C8H9Cl3F5N3. The molecule has 1 heterocycles. The summed E-state index contributed by atoms with van der Waals surface area (Å²) >= 11 is 16.2. The third kappa shape index (κ3) is 3.11. The Morgan fingerprint density at radius 1 is 1.11 bits per heavy atom. The first-order valence-electron chi connectivity index (χ1n) is 4.92. The summed E-state index contributed by atoms with van der Waals surface area (Å²) in [4.78, 5) is 0.241. The Hall–Kier alpha value is -0.210. The van der Waals surface area contributed by atoms with Gasteiger partial charge in [-0.15, -0.1) is 0 Å². The summed E-state index contributed by atoms with van der Waals surface area (Å²) in [5.41, 5.74) is 0. The molecule has 1 aliphatic rings. The van der Waals surface area contributed by atoms with E-state index in [1.165, 1.54) is 13.8 Å². The summed E-state index contributed by atoms with van der Waals surface area (Å²) in [7, 11) is 0. The van der Waals surface area contributed by atoms with E-state index in [-0.39, 0.29) is 4.90 Å². The van der Waals surface area contributed by atoms with Crippen LogP contribution in [0.15, 0.2) is 5.10 Å². The number of nitrogens with zero attached hydrogens (tertiary/aromatic N) is 3. The first-order valence-corrected chi connectivity index (χ1v) is 6.05. The minimum atomic E-state index is -5.80. The van der Waals surface area contributed by atoms with Gasteiger partial charge >= 0.3 is 12.1 Å². The van der Waals surface area contributed by atoms with E-state index in [0.29, 0.717) is 11.3 Å². The van der Waals surface area contributed by atoms with Crippen LogP contribution in [0, 0.1) is 0 Å². The summed E-state index contributed by atoms with van der Waals surface area (Å²) in [5.74, 6) is -5.13. The third-order valence-electron chi connectivity index (χ3n) is 2.35. The van der Waals surface area contributed by atoms with Crippen LogP contribution in [0.4, 0.5) is 22.0 Å². The van der Waals surface area contributed by atoms with Gasteiger partial charge in [-0.2, -0.15) is 27.1 Å². The van der Waals surface area contributed by atoms with Crippen molar-refractivity contribution in [2.45, 2.75) is 42.1 Å². The number of alkyl halides is 8. The second kappa shape index (κ2) is 4.96. The highest BCUT2D eigenvalue weighted by Gasteiger charge is 2.68. The molecule has 11 heteroatoms. The van der Waals surface area contributed by atoms with Gasteiger partial charge in [0, 0.05) is 6.04 Å². The summed E-state index contributed by atoms with van der Waals surface area (Å²) in [5, 5.41) is 3.98. The van der Waals surface area contributed by atoms with E-state index in [2.05, 4.69) is 5.10 Å². The molecule has 0 aromatic carbocycles. The van der Waals surface area contributed by atoms with Crippen LogP contribution in [0.2, 0.25) is 0 Å². The maximum absolute atomic E-state index is 13.6. The number of hydrogen-bond acceptors (Lipinski definition) is 3. The number of rotatable bonds is 2. The summed E-state index contributed by atoms with van der Waals surface area (Å²) in [6, 6.07) is -0.744. The minimum absolute atomic E-state index is 0.241. The monoisotopic (exact) mass is 347 g/mol. The Morgan fingerprint density at radius 3 is 1.89 bits per heavy atom. The smallest absolute Gasteiger partial charge is 0.289 e. The van der Waals surface area contributed by atoms with Gasteiger partial charge in [0.05, 0.1) is 0 Å². The van der Waals surface area contributed by atoms with Crippen molar-refractivity contribution in [2.75, 3.05) is 0 Å². The van der Waals surface area contributed by atoms with Crippen molar-refractivity contribution < 1.29 is 22.0 Å². The van der Waals surface area contributed by atoms with Crippen molar-refractivity contribution in [1.82, 2.24) is 9.91 Å². The van der Waals surface area contributed by atoms with Crippen molar-refractivity contribution in [3.05, 3.63) is 0 Å². The van der Waals surface area contributed by atoms with E-state index in [1.54, 1.807) is 0 Å². The molecule has 0 spiro atoms. The molecule has 0 aliphatic carbocycles. The lowest BCUT2D eigenvalue weighted by Crippen LogP contribution is -2.62. The molecule has 1 atom stereocenters. The Bertz CT molecular complexity index is 366. The molecule has 3 nitrogen and oxygen atoms in total. The largest absolute Gasteiger partial charge is 0.457 e. The fourth-order valence-corrected chi connectivity index (χ4v) is 1.88. The second-order valence-electron chi connectivity index (χ2n) is 4.07. The maximum Gasteiger partial charge on any atom is 0.457 e. The van der Waals surface area contributed by atoms with E-state index in [0.717, 1.165) is 0 Å². The molecule has 0 bridgehead atoms. The summed E-state index contributed by atoms with van der Waals surface area (Å²) in [6.07, 6.45) is -7.70. The Labute approximate surface area is 120 Å². The fraction of sp³-hybridized carbons (Fsp3) is 0.875. The molecule has 0 N–H and O–H groups in total. The Morgan fingerprint density at radius 2 is 1.58 bits per heavy atom. The first kappa shape index (κ1) is 16.8. The first-order chi connectivity index (χ1) is 8.30. The number of hydrazone groups is 1. The van der Waals surface area contributed by atoms with Crippen molar-refractivity contribution in [1.29, 1.82) is 0 Å². The molecule has 0 amide bonds. The predicted octanol–water partition coefficient (Wildman–Crippen LogP) is 3.81. The lowest BCUT2D eigenvalue weighted by Gasteiger charge is -2.40. The van der Waals surface area contributed by atoms with Crippen LogP contribution in [0.1, 0.15) is 13.8 Å². The van der Waals surface area contributed by atoms with E-state index in [1.807, 2.05) is 0 Å². The molecule has 0 saturated carbocycles. The molecule has 0 aromatic rings. The van der Waals surface area contributed by atoms with Gasteiger partial charge < -0.3 is 0 Å². The summed E-state index contributed by atoms with van der Waals surface area (Å²) in [6.45, 7) is 2.78. The molecule has 112 valence electrons. The van der Waals surface area contributed by atoms with Gasteiger partial charge in [0.1, 0.15) is 6.34 Å². The average molecular weight is 349 g/mol. The van der Waals surface area contributed by atoms with Crippen LogP contribution in [0.25, 0.3) is 0 Å². The van der Waals surface area contributed by atoms with Gasteiger partial charge in [0.15, 0.2) is 6.17 Å². The normalized spacial score (nSPS) is 21.7. The molecule has 0 saturated heterocycles. The number of hydrogen-bond donors (Lipinski definition) is 0. The van der Waals surface area contributed by atoms with Crippen LogP contribution >= 0.6 is 34.8 Å². The van der Waals surface area contributed by atoms with E-state index >= 15 is 0 Å². The lowest BCUT2D eigenvalue weighted by molar-refractivity contribution is -0.315. The van der Waals surface area contributed by atoms with Crippen LogP contribution in [0.3, 0.4) is 0 Å². The Balaban J connectivity index is 3.23. The molecular weight excluding hydrogens is 339 g/mol. The molecule has 1 unspecified atom stereocenters. The molecule has 0 fully saturated rings. The standard InChI is InChI=1S/C8H9Cl3F5N3/c1-4(2)19-5(6(12,13)7(14,15)16)18(3-17-19)8(9,10)11/h3-5H,1-2H3. The van der Waals surface area contributed by atoms with Crippen molar-refractivity contribution in [3.63, 3.8) is 0 Å². The van der Waals surface area contributed by atoms with Crippen molar-refractivity contribution >= 4 is 41.1 Å². The quantitative estimate of drug-likeness (QED) is 0.429. The molecule has 0 aromatic heterocycles. The van der Waals surface area contributed by atoms with Crippen LogP contribution in [-0.2, 0) is 0 Å². The van der Waals surface area contributed by atoms with Gasteiger partial charge in [-0.25, -0.2) is 0 Å². The van der Waals surface area contributed by atoms with Gasteiger partial charge in [-0.3, -0.25) is 9.91 Å². The average Bonchev–Trinajstić information content (AvgIpc) is 2.58. The SMILES string of the molecule is CC(C)N1N=CN(C(Cl)(Cl)Cl)C1C(F)(F)C(F)(F)F. The lowest BCUT2D eigenvalue weighted by atomic mass is 10.2. The van der Waals surface area contributed by atoms with E-state index < -0.39 is 28.2 Å². The molecule has 1 aliphatic heterocycles. The fourth-order valence-electron chi connectivity index (χ4n) is 1.48. The van der Waals surface area contributed by atoms with E-state index in [4.69, 9.17) is 34.8 Å². The molecule has 1 rings (SSSR count). The van der Waals surface area contributed by atoms with Gasteiger partial charge in [0.25, 0.3) is 3.92 Å². The highest BCUT2D eigenvalue weighted by atomic mass is 35.6. The maximum atomic E-state index is 13.6. The zero-order valence-electron chi connectivity index (χ0n) is 9.60. The zero-order chi connectivity index (χ0) is 15.2. The molecule has 0 radical (unpaired) electrons. The second-order valence-corrected chi connectivity index (χ2v) is 6.30. The van der Waals surface area contributed by atoms with Crippen molar-refractivity contribution in [3.8, 4) is 0 Å². The highest BCUT2D eigenvalue weighted by molar-refractivity contribution is 6.67. The van der Waals surface area contributed by atoms with Crippen LogP contribution in [-0.4, -0.2) is 44.5 Å². The highest BCUT2D eigenvalue weighted by Crippen LogP contribution is 2.46. The van der Waals surface area contributed by atoms with Gasteiger partial charge in [-0.1, -0.05) is 34.8 Å². The van der Waals surface area contributed by atoms with Crippen LogP contribution in [0.5, 0.6) is 0 Å². The van der Waals surface area contributed by atoms with Crippen molar-refractivity contribution in [2.24, 2.45) is 5.10 Å². The number of halogens is 8. The topological polar surface area (TPSA) is 18.8 Å². The zero-order valence-corrected chi connectivity index (χ0v) is 11.9. The third-order valence-corrected chi connectivity index (χ3v) is 2.93. The Kier molecular flexibility index (Phi) is 4.40. The predicted molar refractivity (Wildman–Crippen MR) is 62.4 cm³/mol. The van der Waals surface area contributed by atoms with E-state index in [9.17, 15) is 22.0 Å². The molecule has 19 heavy (non-hydrogen) atoms. The van der Waals surface area contributed by atoms with Crippen LogP contribution < -0.4 is 0 Å². The minimum Gasteiger partial charge on any atom is -0.289 e. The van der Waals surface area contributed by atoms with Gasteiger partial charge in [0.2, 0.25) is 0 Å². The summed E-state index contributed by atoms with van der Waals surface area (Å²) < 4.78 is 62.1.